The Labute approximate surface area is 343 Å². The van der Waals surface area contributed by atoms with Crippen LogP contribution < -0.4 is 21.8 Å². The number of nitrogens with two attached hydrogens (primary N) is 1. The van der Waals surface area contributed by atoms with E-state index in [9.17, 15) is 49.2 Å². The lowest BCUT2D eigenvalue weighted by atomic mass is 10.0. The van der Waals surface area contributed by atoms with E-state index in [0.29, 0.717) is 17.6 Å². The number of oxime groups is 1. The van der Waals surface area contributed by atoms with E-state index < -0.39 is 69.3 Å². The molecule has 2 aromatic heterocycles. The number of carboxylic acid groups (broad SMARTS) is 2. The van der Waals surface area contributed by atoms with Crippen molar-refractivity contribution >= 4 is 86.1 Å². The van der Waals surface area contributed by atoms with Gasteiger partial charge < -0.3 is 46.2 Å². The maximum Gasteiger partial charge on any atom is 0.352 e. The van der Waals surface area contributed by atoms with Gasteiger partial charge in [-0.1, -0.05) is 30.1 Å². The molecule has 3 aromatic rings. The number of carboxylic acids is 2. The van der Waals surface area contributed by atoms with Crippen molar-refractivity contribution in [2.24, 2.45) is 5.16 Å². The molecule has 4 heterocycles. The number of anilines is 1. The number of unbranched alkanes of at least 4 members (excludes halogenated alkanes) is 1. The zero-order valence-corrected chi connectivity index (χ0v) is 33.9. The summed E-state index contributed by atoms with van der Waals surface area (Å²) < 4.78 is 1.70. The third-order valence-corrected chi connectivity index (χ3v) is 12.1. The van der Waals surface area contributed by atoms with Gasteiger partial charge in [-0.25, -0.2) is 14.6 Å². The number of nitrogen functional groups attached to an aromatic ring is 1. The van der Waals surface area contributed by atoms with Gasteiger partial charge in [0.2, 0.25) is 11.0 Å². The Balaban J connectivity index is 1.16. The SMILES string of the molecule is CCCCN(CCNC(=O)c1cn(C2CC2)c2cc(O)c(O)c(Cl)c2c1=O)CC1=C(C(=O)O)N2C(=O)C(NC(=O)/C(=N\OC(C)(C)C(=O)O)c3csc(N)n3)C2SC1. The number of nitrogens with zero attached hydrogens (tertiary/aromatic N) is 5. The van der Waals surface area contributed by atoms with Gasteiger partial charge in [0.25, 0.3) is 17.7 Å². The number of fused-ring (bicyclic) bond motifs is 2. The van der Waals surface area contributed by atoms with Gasteiger partial charge in [-0.15, -0.1) is 23.1 Å². The monoisotopic (exact) mass is 860 g/mol. The molecule has 1 saturated heterocycles. The highest BCUT2D eigenvalue weighted by Crippen LogP contribution is 2.43. The number of benzene rings is 1. The first-order chi connectivity index (χ1) is 27.4. The minimum Gasteiger partial charge on any atom is -0.504 e. The van der Waals surface area contributed by atoms with Crippen LogP contribution in [0.25, 0.3) is 10.9 Å². The van der Waals surface area contributed by atoms with Crippen LogP contribution in [0.4, 0.5) is 5.13 Å². The van der Waals surface area contributed by atoms with Gasteiger partial charge >= 0.3 is 11.9 Å². The summed E-state index contributed by atoms with van der Waals surface area (Å²) in [4.78, 5) is 90.4. The molecule has 2 unspecified atom stereocenters. The van der Waals surface area contributed by atoms with Crippen molar-refractivity contribution in [1.29, 1.82) is 0 Å². The van der Waals surface area contributed by atoms with E-state index in [-0.39, 0.29) is 63.9 Å². The average Bonchev–Trinajstić information content (AvgIpc) is 3.93. The molecule has 1 aliphatic carbocycles. The van der Waals surface area contributed by atoms with Crippen LogP contribution in [0, 0.1) is 0 Å². The van der Waals surface area contributed by atoms with Gasteiger partial charge in [0.1, 0.15) is 28.4 Å². The maximum atomic E-state index is 13.5. The van der Waals surface area contributed by atoms with Crippen molar-refractivity contribution in [3.05, 3.63) is 55.4 Å². The number of amides is 3. The summed E-state index contributed by atoms with van der Waals surface area (Å²) in [5.74, 6) is -5.93. The van der Waals surface area contributed by atoms with Crippen molar-refractivity contribution in [1.82, 2.24) is 30.0 Å². The number of phenols is 2. The number of thioether (sulfide) groups is 1. The van der Waals surface area contributed by atoms with E-state index in [4.69, 9.17) is 22.2 Å². The van der Waals surface area contributed by atoms with E-state index in [1.165, 1.54) is 43.3 Å². The molecule has 2 fully saturated rings. The van der Waals surface area contributed by atoms with E-state index >= 15 is 0 Å². The van der Waals surface area contributed by atoms with Crippen molar-refractivity contribution in [3.8, 4) is 11.5 Å². The predicted molar refractivity (Wildman–Crippen MR) is 214 cm³/mol. The molecule has 310 valence electrons. The summed E-state index contributed by atoms with van der Waals surface area (Å²) >= 11 is 8.52. The highest BCUT2D eigenvalue weighted by Gasteiger charge is 2.54. The lowest BCUT2D eigenvalue weighted by Gasteiger charge is -2.49. The minimum absolute atomic E-state index is 0.0129. The second-order valence-corrected chi connectivity index (χ2v) is 16.8. The number of halogens is 1. The number of hydrogen-bond donors (Lipinski definition) is 7. The van der Waals surface area contributed by atoms with Crippen LogP contribution in [0.5, 0.6) is 11.5 Å². The fourth-order valence-electron chi connectivity index (χ4n) is 6.41. The van der Waals surface area contributed by atoms with Crippen LogP contribution in [0.15, 0.2) is 38.9 Å². The fourth-order valence-corrected chi connectivity index (χ4v) is 8.57. The molecule has 1 aromatic carbocycles. The largest absolute Gasteiger partial charge is 0.504 e. The normalized spacial score (nSPS) is 18.3. The molecule has 19 nitrogen and oxygen atoms in total. The van der Waals surface area contributed by atoms with Crippen LogP contribution >= 0.6 is 34.7 Å². The lowest BCUT2D eigenvalue weighted by molar-refractivity contribution is -0.161. The number of aromatic hydroxyl groups is 2. The molecule has 0 spiro atoms. The second kappa shape index (κ2) is 16.8. The number of nitrogens with one attached hydrogen (secondary N) is 2. The lowest BCUT2D eigenvalue weighted by Crippen LogP contribution is -2.71. The molecule has 8 N–H and O–H groups in total. The van der Waals surface area contributed by atoms with Crippen LogP contribution in [-0.4, -0.2) is 124 Å². The molecule has 0 radical (unpaired) electrons. The van der Waals surface area contributed by atoms with Gasteiger partial charge in [-0.3, -0.25) is 29.0 Å². The van der Waals surface area contributed by atoms with Crippen LogP contribution in [-0.2, 0) is 24.0 Å². The minimum atomic E-state index is -1.81. The third kappa shape index (κ3) is 8.43. The number of carbonyl (C=O) groups is 5. The number of pyridine rings is 1. The molecule has 3 amide bonds. The van der Waals surface area contributed by atoms with Gasteiger partial charge in [0.05, 0.1) is 15.9 Å². The molecule has 58 heavy (non-hydrogen) atoms. The zero-order chi connectivity index (χ0) is 42.2. The Morgan fingerprint density at radius 1 is 1.17 bits per heavy atom. The fraction of sp³-hybridized carbons (Fsp3) is 0.444. The standard InChI is InChI=1S/C36H41ClN8O11S2/c1-4-5-9-43(10-8-39-29(49)18-13-44(17-6-7-17)20-11-21(46)28(48)23(37)22(20)27(18)47)12-16-14-57-32-25(31(51)45(32)26(16)33(52)53)41-30(50)24(19-15-58-35(38)40-19)42-56-36(2,3)34(54)55/h11,13,15,17,25,32,46,48H,4-10,12,14H2,1-3H3,(H2,38,40)(H,39,49)(H,41,50)(H,52,53)(H,54,55)/b42-24-. The number of β-lactam (4-membered cyclic amide) rings is 1. The van der Waals surface area contributed by atoms with E-state index in [1.54, 1.807) is 4.57 Å². The highest BCUT2D eigenvalue weighted by molar-refractivity contribution is 8.00. The molecule has 1 saturated carbocycles. The van der Waals surface area contributed by atoms with Gasteiger partial charge in [-0.2, -0.15) is 0 Å². The molecule has 0 bridgehead atoms. The number of carbonyl (C=O) groups excluding carboxylic acids is 3. The predicted octanol–water partition coefficient (Wildman–Crippen LogP) is 2.29. The number of hydrogen-bond acceptors (Lipinski definition) is 15. The van der Waals surface area contributed by atoms with Crippen molar-refractivity contribution in [2.75, 3.05) is 37.7 Å². The average molecular weight is 861 g/mol. The second-order valence-electron chi connectivity index (χ2n) is 14.4. The van der Waals surface area contributed by atoms with Crippen LogP contribution in [0.1, 0.15) is 68.5 Å². The molecular weight excluding hydrogens is 820 g/mol. The Morgan fingerprint density at radius 2 is 1.90 bits per heavy atom. The molecule has 22 heteroatoms. The van der Waals surface area contributed by atoms with Crippen LogP contribution in [0.2, 0.25) is 5.02 Å². The summed E-state index contributed by atoms with van der Waals surface area (Å²) in [6.07, 6.45) is 4.56. The summed E-state index contributed by atoms with van der Waals surface area (Å²) in [6, 6.07) is 0.0765. The van der Waals surface area contributed by atoms with Gasteiger partial charge in [0.15, 0.2) is 22.3 Å². The molecule has 6 rings (SSSR count). The van der Waals surface area contributed by atoms with Crippen molar-refractivity contribution in [3.63, 3.8) is 0 Å². The topological polar surface area (TPSA) is 279 Å². The first kappa shape index (κ1) is 42.2. The van der Waals surface area contributed by atoms with E-state index in [0.717, 1.165) is 41.9 Å². The smallest absolute Gasteiger partial charge is 0.352 e. The summed E-state index contributed by atoms with van der Waals surface area (Å²) in [5, 5.41) is 49.5. The number of thiazole rings is 1. The van der Waals surface area contributed by atoms with Crippen molar-refractivity contribution < 1.29 is 49.2 Å². The molecule has 3 aliphatic rings. The maximum absolute atomic E-state index is 13.5. The Kier molecular flexibility index (Phi) is 12.3. The summed E-state index contributed by atoms with van der Waals surface area (Å²) in [7, 11) is 0. The first-order valence-corrected chi connectivity index (χ1v) is 20.5. The van der Waals surface area contributed by atoms with E-state index in [2.05, 4.69) is 20.8 Å². The quantitative estimate of drug-likeness (QED) is 0.0444. The number of phenolic OH excluding ortho intramolecular Hbond substituents is 2. The number of aromatic nitrogens is 2. The first-order valence-electron chi connectivity index (χ1n) is 18.2. The van der Waals surface area contributed by atoms with E-state index in [1.807, 2.05) is 11.8 Å². The van der Waals surface area contributed by atoms with Crippen LogP contribution in [0.3, 0.4) is 0 Å². The zero-order valence-electron chi connectivity index (χ0n) is 31.5. The Hall–Kier alpha value is -5.38. The summed E-state index contributed by atoms with van der Waals surface area (Å²) in [6.45, 7) is 5.43. The Morgan fingerprint density at radius 3 is 2.52 bits per heavy atom. The molecule has 2 aliphatic heterocycles. The highest BCUT2D eigenvalue weighted by atomic mass is 35.5. The third-order valence-electron chi connectivity index (χ3n) is 9.75. The molecule has 2 atom stereocenters. The Bertz CT molecular complexity index is 2320. The number of aliphatic carboxylic acids is 2. The number of rotatable bonds is 17. The summed E-state index contributed by atoms with van der Waals surface area (Å²) in [5.41, 5.74) is 3.09. The molecular formula is C36H41ClN8O11S2. The van der Waals surface area contributed by atoms with Gasteiger partial charge in [-0.05, 0) is 45.2 Å². The van der Waals surface area contributed by atoms with Gasteiger partial charge in [0, 0.05) is 49.1 Å². The van der Waals surface area contributed by atoms with Crippen molar-refractivity contribution in [2.45, 2.75) is 69.5 Å².